The van der Waals surface area contributed by atoms with Crippen molar-refractivity contribution in [2.45, 2.75) is 18.3 Å². The molecule has 1 fully saturated rings. The van der Waals surface area contributed by atoms with Crippen LogP contribution in [-0.2, 0) is 24.5 Å². The number of fused-ring (bicyclic) bond motifs is 2. The summed E-state index contributed by atoms with van der Waals surface area (Å²) in [6.07, 6.45) is 0.339. The maximum atomic E-state index is 14.5. The molecule has 132 valence electrons. The van der Waals surface area contributed by atoms with Crippen LogP contribution in [0.2, 0.25) is 0 Å². The van der Waals surface area contributed by atoms with Crippen molar-refractivity contribution in [3.63, 3.8) is 0 Å². The maximum absolute atomic E-state index is 14.5. The number of hydrogen-bond donors (Lipinski definition) is 3. The average Bonchev–Trinajstić information content (AvgIpc) is 2.59. The predicted octanol–water partition coefficient (Wildman–Crippen LogP) is 0.926. The topological polar surface area (TPSA) is 113 Å². The van der Waals surface area contributed by atoms with Crippen molar-refractivity contribution in [1.82, 2.24) is 5.32 Å². The Bertz CT molecular complexity index is 794. The lowest BCUT2D eigenvalue weighted by Crippen LogP contribution is -2.48. The number of aliphatic hydroxyl groups is 1. The third-order valence-electron chi connectivity index (χ3n) is 4.62. The van der Waals surface area contributed by atoms with Crippen molar-refractivity contribution in [2.75, 3.05) is 19.8 Å². The molecule has 1 heterocycles. The van der Waals surface area contributed by atoms with Gasteiger partial charge < -0.3 is 20.3 Å². The van der Waals surface area contributed by atoms with Gasteiger partial charge >= 0.3 is 5.97 Å². The van der Waals surface area contributed by atoms with Crippen molar-refractivity contribution in [2.24, 2.45) is 0 Å². The molecule has 0 bridgehead atoms. The largest absolute Gasteiger partial charge is 0.506 e. The molecule has 1 spiro atoms. The fourth-order valence-electron chi connectivity index (χ4n) is 3.45. The van der Waals surface area contributed by atoms with Crippen LogP contribution in [0.15, 0.2) is 23.8 Å². The number of carboxylic acid groups (broad SMARTS) is 1. The summed E-state index contributed by atoms with van der Waals surface area (Å²) in [5.74, 6) is -4.27. The van der Waals surface area contributed by atoms with E-state index < -0.39 is 46.8 Å². The smallest absolute Gasteiger partial charge is 0.322 e. The van der Waals surface area contributed by atoms with E-state index in [1.807, 2.05) is 0 Å². The van der Waals surface area contributed by atoms with Gasteiger partial charge in [0.2, 0.25) is 0 Å². The fourth-order valence-corrected chi connectivity index (χ4v) is 3.45. The summed E-state index contributed by atoms with van der Waals surface area (Å²) in [5.41, 5.74) is -1.71. The third kappa shape index (κ3) is 2.68. The van der Waals surface area contributed by atoms with E-state index >= 15 is 0 Å². The Morgan fingerprint density at radius 3 is 2.60 bits per heavy atom. The Hall–Kier alpha value is -2.74. The van der Waals surface area contributed by atoms with Crippen LogP contribution < -0.4 is 5.32 Å². The highest BCUT2D eigenvalue weighted by Crippen LogP contribution is 2.46. The number of benzene rings is 1. The van der Waals surface area contributed by atoms with Crippen LogP contribution in [0.5, 0.6) is 0 Å². The molecule has 3 rings (SSSR count). The molecule has 0 saturated carbocycles. The molecule has 25 heavy (non-hydrogen) atoms. The van der Waals surface area contributed by atoms with Gasteiger partial charge in [0.05, 0.1) is 5.41 Å². The number of amides is 1. The molecule has 1 aromatic rings. The molecule has 3 N–H and O–H groups in total. The highest BCUT2D eigenvalue weighted by Gasteiger charge is 2.51. The molecule has 0 radical (unpaired) electrons. The molecular formula is C17H16FNO6. The normalized spacial score (nSPS) is 18.8. The molecule has 2 aliphatic rings. The Balaban J connectivity index is 2.16. The first-order valence-electron chi connectivity index (χ1n) is 7.73. The Labute approximate surface area is 142 Å². The summed E-state index contributed by atoms with van der Waals surface area (Å²) < 4.78 is 19.8. The minimum Gasteiger partial charge on any atom is -0.506 e. The van der Waals surface area contributed by atoms with E-state index in [0.717, 1.165) is 0 Å². The van der Waals surface area contributed by atoms with Gasteiger partial charge in [-0.25, -0.2) is 4.39 Å². The van der Waals surface area contributed by atoms with Gasteiger partial charge in [-0.05, 0) is 18.9 Å². The van der Waals surface area contributed by atoms with Crippen LogP contribution in [0.1, 0.15) is 24.0 Å². The van der Waals surface area contributed by atoms with Crippen LogP contribution in [0.25, 0.3) is 5.76 Å². The second-order valence-corrected chi connectivity index (χ2v) is 5.99. The van der Waals surface area contributed by atoms with E-state index in [-0.39, 0.29) is 37.2 Å². The summed E-state index contributed by atoms with van der Waals surface area (Å²) >= 11 is 0. The lowest BCUT2D eigenvalue weighted by molar-refractivity contribution is -0.138. The number of halogens is 1. The molecule has 1 aliphatic heterocycles. The summed E-state index contributed by atoms with van der Waals surface area (Å²) in [6.45, 7) is -0.274. The summed E-state index contributed by atoms with van der Waals surface area (Å²) in [6, 6.07) is 4.01. The lowest BCUT2D eigenvalue weighted by atomic mass is 9.64. The van der Waals surface area contributed by atoms with E-state index in [0.29, 0.717) is 0 Å². The van der Waals surface area contributed by atoms with Crippen LogP contribution in [0.4, 0.5) is 4.39 Å². The van der Waals surface area contributed by atoms with Crippen molar-refractivity contribution < 1.29 is 33.7 Å². The van der Waals surface area contributed by atoms with Crippen molar-refractivity contribution in [1.29, 1.82) is 0 Å². The number of ketones is 1. The summed E-state index contributed by atoms with van der Waals surface area (Å²) in [7, 11) is 0. The number of carbonyl (C=O) groups is 3. The quantitative estimate of drug-likeness (QED) is 0.700. The van der Waals surface area contributed by atoms with Crippen molar-refractivity contribution in [3.05, 3.63) is 40.7 Å². The zero-order valence-corrected chi connectivity index (χ0v) is 13.2. The Morgan fingerprint density at radius 1 is 1.28 bits per heavy atom. The highest BCUT2D eigenvalue weighted by molar-refractivity contribution is 6.28. The minimum absolute atomic E-state index is 0.0654. The van der Waals surface area contributed by atoms with E-state index in [4.69, 9.17) is 9.84 Å². The van der Waals surface area contributed by atoms with Crippen molar-refractivity contribution >= 4 is 23.4 Å². The number of aliphatic carboxylic acids is 1. The van der Waals surface area contributed by atoms with Crippen LogP contribution >= 0.6 is 0 Å². The zero-order chi connectivity index (χ0) is 18.2. The highest BCUT2D eigenvalue weighted by atomic mass is 19.1. The maximum Gasteiger partial charge on any atom is 0.322 e. The number of ether oxygens (including phenoxy) is 1. The number of aliphatic hydroxyl groups excluding tert-OH is 1. The molecule has 1 amide bonds. The third-order valence-corrected chi connectivity index (χ3v) is 4.62. The zero-order valence-electron chi connectivity index (χ0n) is 13.2. The van der Waals surface area contributed by atoms with Gasteiger partial charge in [0.25, 0.3) is 5.91 Å². The van der Waals surface area contributed by atoms with Gasteiger partial charge in [-0.3, -0.25) is 14.4 Å². The number of nitrogens with one attached hydrogen (secondary N) is 1. The Kier molecular flexibility index (Phi) is 4.30. The van der Waals surface area contributed by atoms with Crippen LogP contribution in [0, 0.1) is 5.82 Å². The first-order chi connectivity index (χ1) is 11.9. The fraction of sp³-hybridized carbons (Fsp3) is 0.353. The molecule has 1 aliphatic carbocycles. The van der Waals surface area contributed by atoms with Gasteiger partial charge in [0.15, 0.2) is 5.78 Å². The van der Waals surface area contributed by atoms with Crippen LogP contribution in [0.3, 0.4) is 0 Å². The number of rotatable bonds is 3. The lowest BCUT2D eigenvalue weighted by Gasteiger charge is -2.40. The van der Waals surface area contributed by atoms with E-state index in [2.05, 4.69) is 5.32 Å². The van der Waals surface area contributed by atoms with Gasteiger partial charge in [0.1, 0.15) is 23.7 Å². The average molecular weight is 349 g/mol. The molecule has 0 unspecified atom stereocenters. The van der Waals surface area contributed by atoms with Gasteiger partial charge in [-0.1, -0.05) is 12.1 Å². The monoisotopic (exact) mass is 349 g/mol. The second-order valence-electron chi connectivity index (χ2n) is 5.99. The summed E-state index contributed by atoms with van der Waals surface area (Å²) in [4.78, 5) is 36.0. The Morgan fingerprint density at radius 2 is 1.96 bits per heavy atom. The summed E-state index contributed by atoms with van der Waals surface area (Å²) in [5, 5.41) is 21.2. The number of carboxylic acids is 1. The molecule has 0 aromatic heterocycles. The van der Waals surface area contributed by atoms with Crippen molar-refractivity contribution in [3.8, 4) is 0 Å². The van der Waals surface area contributed by atoms with Gasteiger partial charge in [-0.15, -0.1) is 0 Å². The standard InChI is InChI=1S/C17H16FNO6/c18-10-3-1-2-9-13(10)17(4-6-25-7-5-17)15(23)12(14(9)22)16(24)19-8-11(20)21/h1-3,22H,4-8H2,(H,19,24)(H,20,21). The molecule has 0 atom stereocenters. The van der Waals surface area contributed by atoms with Crippen LogP contribution in [-0.4, -0.2) is 47.6 Å². The number of hydrogen-bond acceptors (Lipinski definition) is 5. The first-order valence-corrected chi connectivity index (χ1v) is 7.73. The molecule has 8 heteroatoms. The van der Waals surface area contributed by atoms with Gasteiger partial charge in [-0.2, -0.15) is 0 Å². The van der Waals surface area contributed by atoms with E-state index in [1.54, 1.807) is 0 Å². The minimum atomic E-state index is -1.30. The van der Waals surface area contributed by atoms with E-state index in [1.165, 1.54) is 18.2 Å². The number of Topliss-reactive ketones (excluding diaryl/α,β-unsaturated/α-hetero) is 1. The predicted molar refractivity (Wildman–Crippen MR) is 83.3 cm³/mol. The molecular weight excluding hydrogens is 333 g/mol. The second kappa shape index (κ2) is 6.29. The van der Waals surface area contributed by atoms with Gasteiger partial charge in [0, 0.05) is 24.3 Å². The first kappa shape index (κ1) is 17.1. The molecule has 1 aromatic carbocycles. The number of carbonyl (C=O) groups excluding carboxylic acids is 2. The molecule has 7 nitrogen and oxygen atoms in total. The molecule has 1 saturated heterocycles. The SMILES string of the molecule is O=C(O)CNC(=O)C1=C(O)c2cccc(F)c2C2(CCOCC2)C1=O. The van der Waals surface area contributed by atoms with E-state index in [9.17, 15) is 23.9 Å².